The molecule has 0 spiro atoms. The minimum absolute atomic E-state index is 0.639. The minimum atomic E-state index is 0.639. The van der Waals surface area contributed by atoms with Gasteiger partial charge < -0.3 is 16.0 Å². The van der Waals surface area contributed by atoms with Crippen molar-refractivity contribution in [2.24, 2.45) is 0 Å². The second-order valence-electron chi connectivity index (χ2n) is 5.48. The van der Waals surface area contributed by atoms with Crippen molar-refractivity contribution in [1.82, 2.24) is 10.2 Å². The fraction of sp³-hybridized carbons (Fsp3) is 0.600. The van der Waals surface area contributed by atoms with E-state index in [1.807, 2.05) is 12.1 Å². The van der Waals surface area contributed by atoms with Crippen LogP contribution >= 0.6 is 0 Å². The van der Waals surface area contributed by atoms with Crippen LogP contribution < -0.4 is 11.1 Å². The van der Waals surface area contributed by atoms with Crippen molar-refractivity contribution < 1.29 is 0 Å². The third-order valence-corrected chi connectivity index (χ3v) is 3.90. The van der Waals surface area contributed by atoms with Gasteiger partial charge in [0.15, 0.2) is 0 Å². The van der Waals surface area contributed by atoms with E-state index in [1.54, 1.807) is 0 Å². The van der Waals surface area contributed by atoms with E-state index < -0.39 is 0 Å². The molecule has 0 bridgehead atoms. The lowest BCUT2D eigenvalue weighted by atomic mass is 10.0. The zero-order valence-corrected chi connectivity index (χ0v) is 11.5. The molecule has 0 atom stereocenters. The quantitative estimate of drug-likeness (QED) is 0.802. The third kappa shape index (κ3) is 3.47. The molecule has 1 fully saturated rings. The van der Waals surface area contributed by atoms with E-state index in [4.69, 9.17) is 5.73 Å². The first kappa shape index (κ1) is 13.4. The number of benzene rings is 1. The van der Waals surface area contributed by atoms with Crippen LogP contribution in [0.5, 0.6) is 0 Å². The normalized spacial score (nSPS) is 18.4. The lowest BCUT2D eigenvalue weighted by Crippen LogP contribution is -2.44. The first-order valence-corrected chi connectivity index (χ1v) is 6.97. The van der Waals surface area contributed by atoms with Gasteiger partial charge in [0.25, 0.3) is 0 Å². The molecule has 0 aliphatic carbocycles. The molecule has 1 saturated heterocycles. The van der Waals surface area contributed by atoms with Gasteiger partial charge in [0.05, 0.1) is 0 Å². The fourth-order valence-electron chi connectivity index (χ4n) is 2.57. The first-order valence-electron chi connectivity index (χ1n) is 6.97. The van der Waals surface area contributed by atoms with Crippen molar-refractivity contribution in [1.29, 1.82) is 0 Å². The Morgan fingerprint density at radius 1 is 1.28 bits per heavy atom. The van der Waals surface area contributed by atoms with Crippen LogP contribution in [0.25, 0.3) is 0 Å². The molecule has 3 heteroatoms. The van der Waals surface area contributed by atoms with Crippen molar-refractivity contribution in [3.05, 3.63) is 29.8 Å². The summed E-state index contributed by atoms with van der Waals surface area (Å²) in [6.45, 7) is 7.86. The number of nitrogens with one attached hydrogen (secondary N) is 1. The Morgan fingerprint density at radius 2 is 1.94 bits per heavy atom. The highest BCUT2D eigenvalue weighted by Crippen LogP contribution is 2.15. The van der Waals surface area contributed by atoms with Gasteiger partial charge in [-0.15, -0.1) is 0 Å². The number of rotatable bonds is 4. The van der Waals surface area contributed by atoms with E-state index in [2.05, 4.69) is 36.2 Å². The molecular weight excluding hydrogens is 222 g/mol. The summed E-state index contributed by atoms with van der Waals surface area (Å²) in [6.07, 6.45) is 2.48. The zero-order valence-electron chi connectivity index (χ0n) is 11.5. The van der Waals surface area contributed by atoms with Crippen molar-refractivity contribution in [2.75, 3.05) is 18.8 Å². The molecule has 1 aromatic carbocycles. The van der Waals surface area contributed by atoms with Gasteiger partial charge in [-0.25, -0.2) is 0 Å². The number of hydrogen-bond donors (Lipinski definition) is 2. The predicted molar refractivity (Wildman–Crippen MR) is 77.4 cm³/mol. The zero-order chi connectivity index (χ0) is 13.0. The van der Waals surface area contributed by atoms with E-state index in [9.17, 15) is 0 Å². The highest BCUT2D eigenvalue weighted by Gasteiger charge is 2.20. The summed E-state index contributed by atoms with van der Waals surface area (Å²) in [5, 5.41) is 3.63. The SMILES string of the molecule is CC(C)N1CCC(NCc2ccccc2N)CC1. The number of likely N-dealkylation sites (tertiary alicyclic amines) is 1. The summed E-state index contributed by atoms with van der Waals surface area (Å²) >= 11 is 0. The second kappa shape index (κ2) is 6.21. The molecule has 3 N–H and O–H groups in total. The Hall–Kier alpha value is -1.06. The summed E-state index contributed by atoms with van der Waals surface area (Å²) in [5.41, 5.74) is 8.05. The highest BCUT2D eigenvalue weighted by atomic mass is 15.2. The van der Waals surface area contributed by atoms with Crippen LogP contribution in [0.4, 0.5) is 5.69 Å². The van der Waals surface area contributed by atoms with Crippen LogP contribution in [0, 0.1) is 0 Å². The second-order valence-corrected chi connectivity index (χ2v) is 5.48. The molecule has 3 nitrogen and oxygen atoms in total. The van der Waals surface area contributed by atoms with Crippen LogP contribution in [0.1, 0.15) is 32.3 Å². The molecule has 1 aliphatic heterocycles. The summed E-state index contributed by atoms with van der Waals surface area (Å²) in [4.78, 5) is 2.55. The van der Waals surface area contributed by atoms with E-state index in [1.165, 1.54) is 31.5 Å². The van der Waals surface area contributed by atoms with Gasteiger partial charge in [0.2, 0.25) is 0 Å². The molecule has 18 heavy (non-hydrogen) atoms. The summed E-state index contributed by atoms with van der Waals surface area (Å²) in [6, 6.07) is 9.42. The predicted octanol–water partition coefficient (Wildman–Crippen LogP) is 2.23. The van der Waals surface area contributed by atoms with Gasteiger partial charge in [-0.3, -0.25) is 0 Å². The minimum Gasteiger partial charge on any atom is -0.398 e. The maximum Gasteiger partial charge on any atom is 0.0359 e. The molecule has 0 amide bonds. The number of nitrogens with two attached hydrogens (primary N) is 1. The number of piperidine rings is 1. The standard InChI is InChI=1S/C15H25N3/c1-12(2)18-9-7-14(8-10-18)17-11-13-5-3-4-6-15(13)16/h3-6,12,14,17H,7-11,16H2,1-2H3. The van der Waals surface area contributed by atoms with Crippen LogP contribution in [0.2, 0.25) is 0 Å². The van der Waals surface area contributed by atoms with Gasteiger partial charge in [-0.1, -0.05) is 18.2 Å². The van der Waals surface area contributed by atoms with Crippen molar-refractivity contribution >= 4 is 5.69 Å². The third-order valence-electron chi connectivity index (χ3n) is 3.90. The molecule has 1 aromatic rings. The number of nitrogens with zero attached hydrogens (tertiary/aromatic N) is 1. The smallest absolute Gasteiger partial charge is 0.0359 e. The molecule has 1 heterocycles. The van der Waals surface area contributed by atoms with Crippen LogP contribution in [-0.2, 0) is 6.54 Å². The molecule has 0 radical (unpaired) electrons. The van der Waals surface area contributed by atoms with Crippen molar-refractivity contribution in [3.8, 4) is 0 Å². The van der Waals surface area contributed by atoms with E-state index in [0.29, 0.717) is 12.1 Å². The summed E-state index contributed by atoms with van der Waals surface area (Å²) in [7, 11) is 0. The molecule has 0 aromatic heterocycles. The van der Waals surface area contributed by atoms with Crippen molar-refractivity contribution in [2.45, 2.75) is 45.3 Å². The van der Waals surface area contributed by atoms with E-state index in [-0.39, 0.29) is 0 Å². The Morgan fingerprint density at radius 3 is 2.56 bits per heavy atom. The van der Waals surface area contributed by atoms with Crippen LogP contribution in [0.15, 0.2) is 24.3 Å². The van der Waals surface area contributed by atoms with Crippen molar-refractivity contribution in [3.63, 3.8) is 0 Å². The lowest BCUT2D eigenvalue weighted by Gasteiger charge is -2.35. The Labute approximate surface area is 110 Å². The van der Waals surface area contributed by atoms with E-state index in [0.717, 1.165) is 12.2 Å². The van der Waals surface area contributed by atoms with Crippen LogP contribution in [-0.4, -0.2) is 30.1 Å². The molecule has 2 rings (SSSR count). The average molecular weight is 247 g/mol. The van der Waals surface area contributed by atoms with E-state index >= 15 is 0 Å². The van der Waals surface area contributed by atoms with Gasteiger partial charge in [0.1, 0.15) is 0 Å². The number of anilines is 1. The number of para-hydroxylation sites is 1. The van der Waals surface area contributed by atoms with Gasteiger partial charge in [-0.05, 0) is 51.4 Å². The molecule has 0 unspecified atom stereocenters. The summed E-state index contributed by atoms with van der Waals surface area (Å²) < 4.78 is 0. The molecule has 1 aliphatic rings. The Balaban J connectivity index is 1.77. The Bertz CT molecular complexity index is 368. The Kier molecular flexibility index (Phi) is 4.61. The molecular formula is C15H25N3. The monoisotopic (exact) mass is 247 g/mol. The van der Waals surface area contributed by atoms with Gasteiger partial charge in [-0.2, -0.15) is 0 Å². The van der Waals surface area contributed by atoms with Gasteiger partial charge in [0, 0.05) is 24.3 Å². The first-order chi connectivity index (χ1) is 8.66. The maximum absolute atomic E-state index is 5.95. The number of nitrogen functional groups attached to an aromatic ring is 1. The average Bonchev–Trinajstić information content (AvgIpc) is 2.38. The lowest BCUT2D eigenvalue weighted by molar-refractivity contribution is 0.161. The number of hydrogen-bond acceptors (Lipinski definition) is 3. The molecule has 100 valence electrons. The van der Waals surface area contributed by atoms with Gasteiger partial charge >= 0.3 is 0 Å². The highest BCUT2D eigenvalue weighted by molar-refractivity contribution is 5.46. The molecule has 0 saturated carbocycles. The summed E-state index contributed by atoms with van der Waals surface area (Å²) in [5.74, 6) is 0. The largest absolute Gasteiger partial charge is 0.398 e. The fourth-order valence-corrected chi connectivity index (χ4v) is 2.57. The maximum atomic E-state index is 5.95. The van der Waals surface area contributed by atoms with Crippen LogP contribution in [0.3, 0.4) is 0 Å². The topological polar surface area (TPSA) is 41.3 Å².